The maximum Gasteiger partial charge on any atom is 0.234 e. The Bertz CT molecular complexity index is 732. The molecule has 0 aromatic heterocycles. The summed E-state index contributed by atoms with van der Waals surface area (Å²) in [5.74, 6) is 0.650. The van der Waals surface area contributed by atoms with E-state index < -0.39 is 0 Å². The molecule has 0 saturated carbocycles. The molecule has 3 rings (SSSR count). The maximum atomic E-state index is 12.4. The number of benzene rings is 2. The zero-order chi connectivity index (χ0) is 18.9. The monoisotopic (exact) mass is 383 g/mol. The molecule has 0 unspecified atom stereocenters. The Morgan fingerprint density at radius 2 is 1.52 bits per heavy atom. The van der Waals surface area contributed by atoms with Crippen molar-refractivity contribution >= 4 is 23.6 Å². The summed E-state index contributed by atoms with van der Waals surface area (Å²) in [5, 5.41) is 2.95. The van der Waals surface area contributed by atoms with Crippen molar-refractivity contribution in [2.45, 2.75) is 11.4 Å². The number of carbonyl (C=O) groups is 2. The first kappa shape index (κ1) is 19.5. The first-order valence-electron chi connectivity index (χ1n) is 9.19. The van der Waals surface area contributed by atoms with Gasteiger partial charge in [0.2, 0.25) is 11.8 Å². The molecule has 5 nitrogen and oxygen atoms in total. The number of thioether (sulfide) groups is 1. The second-order valence-corrected chi connectivity index (χ2v) is 7.57. The smallest absolute Gasteiger partial charge is 0.234 e. The van der Waals surface area contributed by atoms with Crippen LogP contribution in [0, 0.1) is 0 Å². The number of hydrogen-bond acceptors (Lipinski definition) is 4. The third kappa shape index (κ3) is 6.41. The average molecular weight is 384 g/mol. The van der Waals surface area contributed by atoms with E-state index in [-0.39, 0.29) is 11.8 Å². The van der Waals surface area contributed by atoms with E-state index in [2.05, 4.69) is 10.2 Å². The molecular formula is C21H25N3O2S. The molecule has 1 heterocycles. The fourth-order valence-corrected chi connectivity index (χ4v) is 3.79. The zero-order valence-corrected chi connectivity index (χ0v) is 16.2. The third-order valence-corrected chi connectivity index (χ3v) is 5.53. The van der Waals surface area contributed by atoms with Gasteiger partial charge in [0.1, 0.15) is 0 Å². The fourth-order valence-electron chi connectivity index (χ4n) is 2.96. The highest BCUT2D eigenvalue weighted by molar-refractivity contribution is 8.00. The van der Waals surface area contributed by atoms with Crippen molar-refractivity contribution in [2.24, 2.45) is 0 Å². The molecule has 1 saturated heterocycles. The van der Waals surface area contributed by atoms with Gasteiger partial charge in [-0.05, 0) is 17.7 Å². The molecule has 2 aromatic rings. The Morgan fingerprint density at radius 3 is 2.19 bits per heavy atom. The molecule has 1 aliphatic rings. The van der Waals surface area contributed by atoms with E-state index >= 15 is 0 Å². The number of carbonyl (C=O) groups excluding carboxylic acids is 2. The lowest BCUT2D eigenvalue weighted by Crippen LogP contribution is -2.51. The van der Waals surface area contributed by atoms with E-state index in [0.717, 1.165) is 23.5 Å². The lowest BCUT2D eigenvalue weighted by atomic mass is 10.2. The highest BCUT2D eigenvalue weighted by Gasteiger charge is 2.22. The van der Waals surface area contributed by atoms with Crippen molar-refractivity contribution in [3.05, 3.63) is 66.2 Å². The Hall–Kier alpha value is -2.31. The lowest BCUT2D eigenvalue weighted by Gasteiger charge is -2.34. The number of piperazine rings is 1. The molecule has 2 aromatic carbocycles. The Labute approximate surface area is 164 Å². The summed E-state index contributed by atoms with van der Waals surface area (Å²) in [7, 11) is 0. The van der Waals surface area contributed by atoms with Gasteiger partial charge in [0.05, 0.1) is 12.3 Å². The summed E-state index contributed by atoms with van der Waals surface area (Å²) in [6, 6.07) is 19.9. The van der Waals surface area contributed by atoms with Crippen molar-refractivity contribution in [3.63, 3.8) is 0 Å². The second kappa shape index (κ2) is 10.1. The van der Waals surface area contributed by atoms with Crippen LogP contribution in [0.2, 0.25) is 0 Å². The van der Waals surface area contributed by atoms with Gasteiger partial charge in [-0.25, -0.2) is 0 Å². The SMILES string of the molecule is O=C(CN1CCN(C(=O)CSc2ccccc2)CC1)NCc1ccccc1. The van der Waals surface area contributed by atoms with Crippen molar-refractivity contribution in [3.8, 4) is 0 Å². The van der Waals surface area contributed by atoms with Crippen LogP contribution < -0.4 is 5.32 Å². The van der Waals surface area contributed by atoms with Crippen LogP contribution in [0.5, 0.6) is 0 Å². The minimum atomic E-state index is 0.0262. The highest BCUT2D eigenvalue weighted by atomic mass is 32.2. The summed E-state index contributed by atoms with van der Waals surface area (Å²) in [4.78, 5) is 29.6. The van der Waals surface area contributed by atoms with Crippen LogP contribution in [-0.4, -0.2) is 60.1 Å². The number of nitrogens with zero attached hydrogens (tertiary/aromatic N) is 2. The number of nitrogens with one attached hydrogen (secondary N) is 1. The van der Waals surface area contributed by atoms with E-state index in [1.54, 1.807) is 11.8 Å². The Morgan fingerprint density at radius 1 is 0.889 bits per heavy atom. The van der Waals surface area contributed by atoms with E-state index in [9.17, 15) is 9.59 Å². The van der Waals surface area contributed by atoms with Crippen LogP contribution in [0.25, 0.3) is 0 Å². The first-order valence-corrected chi connectivity index (χ1v) is 10.2. The van der Waals surface area contributed by atoms with Crippen LogP contribution in [0.3, 0.4) is 0 Å². The van der Waals surface area contributed by atoms with Crippen molar-refractivity contribution in [2.75, 3.05) is 38.5 Å². The third-order valence-electron chi connectivity index (χ3n) is 4.53. The molecule has 142 valence electrons. The number of amides is 2. The van der Waals surface area contributed by atoms with Gasteiger partial charge in [-0.15, -0.1) is 11.8 Å². The summed E-state index contributed by atoms with van der Waals surface area (Å²) in [6.07, 6.45) is 0. The fraction of sp³-hybridized carbons (Fsp3) is 0.333. The molecule has 0 aliphatic carbocycles. The molecular weight excluding hydrogens is 358 g/mol. The van der Waals surface area contributed by atoms with Gasteiger partial charge in [0.15, 0.2) is 0 Å². The number of rotatable bonds is 7. The molecule has 2 amide bonds. The largest absolute Gasteiger partial charge is 0.351 e. The summed E-state index contributed by atoms with van der Waals surface area (Å²) >= 11 is 1.57. The van der Waals surface area contributed by atoms with Crippen LogP contribution in [0.15, 0.2) is 65.6 Å². The minimum Gasteiger partial charge on any atom is -0.351 e. The minimum absolute atomic E-state index is 0.0262. The van der Waals surface area contributed by atoms with E-state index in [4.69, 9.17) is 0 Å². The van der Waals surface area contributed by atoms with Crippen LogP contribution in [0.4, 0.5) is 0 Å². The van der Waals surface area contributed by atoms with Gasteiger partial charge in [-0.1, -0.05) is 48.5 Å². The summed E-state index contributed by atoms with van der Waals surface area (Å²) < 4.78 is 0. The first-order chi connectivity index (χ1) is 13.2. The predicted octanol–water partition coefficient (Wildman–Crippen LogP) is 2.24. The Kier molecular flexibility index (Phi) is 7.30. The molecule has 0 bridgehead atoms. The van der Waals surface area contributed by atoms with Crippen molar-refractivity contribution in [1.29, 1.82) is 0 Å². The van der Waals surface area contributed by atoms with Crippen molar-refractivity contribution in [1.82, 2.24) is 15.1 Å². The lowest BCUT2D eigenvalue weighted by molar-refractivity contribution is -0.130. The summed E-state index contributed by atoms with van der Waals surface area (Å²) in [6.45, 7) is 3.77. The molecule has 27 heavy (non-hydrogen) atoms. The molecule has 0 radical (unpaired) electrons. The van der Waals surface area contributed by atoms with E-state index in [1.165, 1.54) is 0 Å². The number of hydrogen-bond donors (Lipinski definition) is 1. The molecule has 1 N–H and O–H groups in total. The topological polar surface area (TPSA) is 52.7 Å². The molecule has 0 atom stereocenters. The second-order valence-electron chi connectivity index (χ2n) is 6.52. The molecule has 1 aliphatic heterocycles. The molecule has 6 heteroatoms. The average Bonchev–Trinajstić information content (AvgIpc) is 2.72. The van der Waals surface area contributed by atoms with E-state index in [1.807, 2.05) is 65.6 Å². The normalized spacial score (nSPS) is 14.7. The predicted molar refractivity (Wildman–Crippen MR) is 108 cm³/mol. The van der Waals surface area contributed by atoms with Gasteiger partial charge < -0.3 is 10.2 Å². The van der Waals surface area contributed by atoms with Crippen molar-refractivity contribution < 1.29 is 9.59 Å². The van der Waals surface area contributed by atoms with E-state index in [0.29, 0.717) is 31.9 Å². The highest BCUT2D eigenvalue weighted by Crippen LogP contribution is 2.17. The molecule has 1 fully saturated rings. The Balaban J connectivity index is 1.34. The van der Waals surface area contributed by atoms with Gasteiger partial charge in [0.25, 0.3) is 0 Å². The quantitative estimate of drug-likeness (QED) is 0.745. The van der Waals surface area contributed by atoms with Gasteiger partial charge in [-0.2, -0.15) is 0 Å². The van der Waals surface area contributed by atoms with Gasteiger partial charge in [-0.3, -0.25) is 14.5 Å². The van der Waals surface area contributed by atoms with Crippen LogP contribution in [0.1, 0.15) is 5.56 Å². The van der Waals surface area contributed by atoms with Crippen LogP contribution >= 0.6 is 11.8 Å². The standard InChI is InChI=1S/C21H25N3O2S/c25-20(22-15-18-7-3-1-4-8-18)16-23-11-13-24(14-12-23)21(26)17-27-19-9-5-2-6-10-19/h1-10H,11-17H2,(H,22,25). The van der Waals surface area contributed by atoms with Crippen LogP contribution in [-0.2, 0) is 16.1 Å². The van der Waals surface area contributed by atoms with Gasteiger partial charge in [0, 0.05) is 37.6 Å². The summed E-state index contributed by atoms with van der Waals surface area (Å²) in [5.41, 5.74) is 1.09. The zero-order valence-electron chi connectivity index (χ0n) is 15.3. The van der Waals surface area contributed by atoms with Gasteiger partial charge >= 0.3 is 0 Å². The molecule has 0 spiro atoms. The maximum absolute atomic E-state index is 12.4.